The van der Waals surface area contributed by atoms with E-state index in [1.807, 2.05) is 0 Å². The number of aliphatic hydroxyl groups excluding tert-OH is 2. The Balaban J connectivity index is 2.80. The zero-order valence-electron chi connectivity index (χ0n) is 11.2. The second-order valence-electron chi connectivity index (χ2n) is 6.46. The highest BCUT2D eigenvalue weighted by Crippen LogP contribution is 2.54. The average molecular weight is 246 g/mol. The molecule has 0 aromatic carbocycles. The maximum Gasteiger partial charge on any atom is 0.171 e. The molecule has 0 spiro atoms. The third-order valence-corrected chi connectivity index (χ3v) is 4.59. The van der Waals surface area contributed by atoms with Crippen LogP contribution < -0.4 is 0 Å². The zero-order chi connectivity index (χ0) is 12.6. The van der Waals surface area contributed by atoms with Crippen molar-refractivity contribution < 1.29 is 14.6 Å². The van der Waals surface area contributed by atoms with Crippen LogP contribution in [0.2, 0.25) is 13.1 Å². The van der Waals surface area contributed by atoms with Crippen LogP contribution in [0.25, 0.3) is 0 Å². The fourth-order valence-corrected chi connectivity index (χ4v) is 3.64. The Morgan fingerprint density at radius 3 is 2.06 bits per heavy atom. The van der Waals surface area contributed by atoms with Crippen LogP contribution >= 0.6 is 0 Å². The van der Waals surface area contributed by atoms with Crippen LogP contribution in [0.5, 0.6) is 0 Å². The highest BCUT2D eigenvalue weighted by atomic mass is 28.3. The maximum atomic E-state index is 9.48. The molecule has 0 radical (unpaired) electrons. The summed E-state index contributed by atoms with van der Waals surface area (Å²) >= 11 is 0. The predicted molar refractivity (Wildman–Crippen MR) is 67.9 cm³/mol. The molecule has 0 bridgehead atoms. The van der Waals surface area contributed by atoms with Gasteiger partial charge in [0.1, 0.15) is 0 Å². The van der Waals surface area contributed by atoms with Crippen LogP contribution in [-0.2, 0) is 4.43 Å². The molecule has 0 heterocycles. The molecule has 96 valence electrons. The second kappa shape index (κ2) is 4.76. The van der Waals surface area contributed by atoms with Gasteiger partial charge in [-0.05, 0) is 30.8 Å². The molecule has 0 aromatic rings. The van der Waals surface area contributed by atoms with Crippen LogP contribution in [0.4, 0.5) is 0 Å². The molecular formula is C12H26O3Si. The SMILES string of the molecule is C[SiH](C)OC1C(C(C)(C)C)CC1(CO)CO. The Morgan fingerprint density at radius 1 is 1.25 bits per heavy atom. The molecule has 1 saturated carbocycles. The van der Waals surface area contributed by atoms with Gasteiger partial charge in [-0.2, -0.15) is 0 Å². The fourth-order valence-electron chi connectivity index (χ4n) is 2.58. The van der Waals surface area contributed by atoms with Crippen molar-refractivity contribution in [1.82, 2.24) is 0 Å². The van der Waals surface area contributed by atoms with Crippen molar-refractivity contribution in [2.24, 2.45) is 16.7 Å². The van der Waals surface area contributed by atoms with Crippen molar-refractivity contribution in [3.8, 4) is 0 Å². The molecule has 16 heavy (non-hydrogen) atoms. The van der Waals surface area contributed by atoms with Crippen LogP contribution in [0.15, 0.2) is 0 Å². The smallest absolute Gasteiger partial charge is 0.171 e. The fraction of sp³-hybridized carbons (Fsp3) is 1.00. The van der Waals surface area contributed by atoms with Gasteiger partial charge in [0.2, 0.25) is 0 Å². The van der Waals surface area contributed by atoms with Gasteiger partial charge < -0.3 is 14.6 Å². The van der Waals surface area contributed by atoms with E-state index in [4.69, 9.17) is 4.43 Å². The quantitative estimate of drug-likeness (QED) is 0.737. The monoisotopic (exact) mass is 246 g/mol. The van der Waals surface area contributed by atoms with Gasteiger partial charge in [-0.15, -0.1) is 0 Å². The van der Waals surface area contributed by atoms with Crippen LogP contribution in [-0.4, -0.2) is 38.6 Å². The lowest BCUT2D eigenvalue weighted by molar-refractivity contribution is -0.182. The number of hydrogen-bond acceptors (Lipinski definition) is 3. The lowest BCUT2D eigenvalue weighted by atomic mass is 9.53. The van der Waals surface area contributed by atoms with E-state index in [9.17, 15) is 10.2 Å². The summed E-state index contributed by atoms with van der Waals surface area (Å²) in [6.45, 7) is 10.9. The van der Waals surface area contributed by atoms with Gasteiger partial charge in [0.15, 0.2) is 9.04 Å². The number of aliphatic hydroxyl groups is 2. The molecule has 2 unspecified atom stereocenters. The lowest BCUT2D eigenvalue weighted by Gasteiger charge is -2.58. The van der Waals surface area contributed by atoms with E-state index in [-0.39, 0.29) is 24.7 Å². The maximum absolute atomic E-state index is 9.48. The summed E-state index contributed by atoms with van der Waals surface area (Å²) in [5.41, 5.74) is -0.211. The molecule has 2 atom stereocenters. The summed E-state index contributed by atoms with van der Waals surface area (Å²) in [7, 11) is -1.14. The van der Waals surface area contributed by atoms with Crippen LogP contribution in [0.1, 0.15) is 27.2 Å². The van der Waals surface area contributed by atoms with Crippen molar-refractivity contribution in [3.63, 3.8) is 0 Å². The van der Waals surface area contributed by atoms with Crippen molar-refractivity contribution >= 4 is 9.04 Å². The van der Waals surface area contributed by atoms with E-state index < -0.39 is 14.5 Å². The summed E-state index contributed by atoms with van der Waals surface area (Å²) in [5, 5.41) is 19.0. The van der Waals surface area contributed by atoms with Crippen LogP contribution in [0, 0.1) is 16.7 Å². The molecule has 1 aliphatic rings. The highest BCUT2D eigenvalue weighted by Gasteiger charge is 2.57. The molecule has 0 amide bonds. The van der Waals surface area contributed by atoms with Gasteiger partial charge in [-0.1, -0.05) is 20.8 Å². The molecule has 1 rings (SSSR count). The summed E-state index contributed by atoms with van der Waals surface area (Å²) in [6.07, 6.45) is 0.907. The van der Waals surface area contributed by atoms with Crippen molar-refractivity contribution in [3.05, 3.63) is 0 Å². The summed E-state index contributed by atoms with van der Waals surface area (Å²) in [6, 6.07) is 0. The molecule has 1 aliphatic carbocycles. The molecular weight excluding hydrogens is 220 g/mol. The Hall–Kier alpha value is 0.0969. The third kappa shape index (κ3) is 2.50. The minimum Gasteiger partial charge on any atom is -0.417 e. The molecule has 2 N–H and O–H groups in total. The third-order valence-electron chi connectivity index (χ3n) is 3.76. The van der Waals surface area contributed by atoms with Gasteiger partial charge in [-0.25, -0.2) is 0 Å². The molecule has 4 heteroatoms. The lowest BCUT2D eigenvalue weighted by Crippen LogP contribution is -2.62. The van der Waals surface area contributed by atoms with E-state index in [1.54, 1.807) is 0 Å². The first-order chi connectivity index (χ1) is 7.27. The summed E-state index contributed by atoms with van der Waals surface area (Å²) in [4.78, 5) is 0. The van der Waals surface area contributed by atoms with E-state index in [0.717, 1.165) is 6.42 Å². The number of rotatable bonds is 4. The van der Waals surface area contributed by atoms with Crippen molar-refractivity contribution in [2.75, 3.05) is 13.2 Å². The first kappa shape index (κ1) is 14.2. The van der Waals surface area contributed by atoms with E-state index in [0.29, 0.717) is 5.92 Å². The van der Waals surface area contributed by atoms with E-state index in [2.05, 4.69) is 33.9 Å². The zero-order valence-corrected chi connectivity index (χ0v) is 12.3. The van der Waals surface area contributed by atoms with Crippen molar-refractivity contribution in [2.45, 2.75) is 46.4 Å². The van der Waals surface area contributed by atoms with Crippen LogP contribution in [0.3, 0.4) is 0 Å². The average Bonchev–Trinajstić information content (AvgIpc) is 2.13. The molecule has 0 saturated heterocycles. The summed E-state index contributed by atoms with van der Waals surface area (Å²) < 4.78 is 6.04. The largest absolute Gasteiger partial charge is 0.417 e. The highest BCUT2D eigenvalue weighted by molar-refractivity contribution is 6.48. The van der Waals surface area contributed by atoms with E-state index in [1.165, 1.54) is 0 Å². The predicted octanol–water partition coefficient (Wildman–Crippen LogP) is 1.39. The minimum absolute atomic E-state index is 0.0296. The van der Waals surface area contributed by atoms with Crippen molar-refractivity contribution in [1.29, 1.82) is 0 Å². The van der Waals surface area contributed by atoms with Gasteiger partial charge >= 0.3 is 0 Å². The van der Waals surface area contributed by atoms with E-state index >= 15 is 0 Å². The van der Waals surface area contributed by atoms with Gasteiger partial charge in [0, 0.05) is 5.41 Å². The summed E-state index contributed by atoms with van der Waals surface area (Å²) in [5.74, 6) is 0.446. The van der Waals surface area contributed by atoms with Gasteiger partial charge in [0.05, 0.1) is 19.3 Å². The number of hydrogen-bond donors (Lipinski definition) is 2. The second-order valence-corrected chi connectivity index (χ2v) is 8.83. The molecule has 0 aliphatic heterocycles. The Kier molecular flexibility index (Phi) is 4.22. The Morgan fingerprint density at radius 2 is 1.75 bits per heavy atom. The topological polar surface area (TPSA) is 49.7 Å². The Labute approximate surface area is 101 Å². The first-order valence-corrected chi connectivity index (χ1v) is 8.92. The normalized spacial score (nSPS) is 29.2. The molecule has 0 aromatic heterocycles. The van der Waals surface area contributed by atoms with Gasteiger partial charge in [-0.3, -0.25) is 0 Å². The van der Waals surface area contributed by atoms with Gasteiger partial charge in [0.25, 0.3) is 0 Å². The standard InChI is InChI=1S/C12H26O3Si/c1-11(2,3)9-6-12(7-13,8-14)10(9)15-16(4)5/h9-10,13-14,16H,6-8H2,1-5H3. The molecule has 1 fully saturated rings. The molecule has 3 nitrogen and oxygen atoms in total. The minimum atomic E-state index is -1.14. The first-order valence-electron chi connectivity index (χ1n) is 6.14. The Bertz CT molecular complexity index is 231.